The molecule has 0 unspecified atom stereocenters. The first-order chi connectivity index (χ1) is 11.8. The van der Waals surface area contributed by atoms with Gasteiger partial charge in [-0.05, 0) is 43.5 Å². The Hall–Kier alpha value is -1.90. The lowest BCUT2D eigenvalue weighted by Crippen LogP contribution is -2.43. The third-order valence-corrected chi connectivity index (χ3v) is 5.02. The summed E-state index contributed by atoms with van der Waals surface area (Å²) in [6.07, 6.45) is 2.01. The van der Waals surface area contributed by atoms with E-state index in [1.165, 1.54) is 24.7 Å². The van der Waals surface area contributed by atoms with Crippen LogP contribution < -0.4 is 21.9 Å². The molecule has 1 saturated heterocycles. The van der Waals surface area contributed by atoms with E-state index in [1.54, 1.807) is 6.07 Å². The molecule has 8 nitrogen and oxygen atoms in total. The molecule has 2 aromatic heterocycles. The molecular weight excluding hydrogens is 393 g/mol. The van der Waals surface area contributed by atoms with Crippen LogP contribution in [0, 0.1) is 5.41 Å². The Morgan fingerprint density at radius 2 is 1.81 bits per heavy atom. The maximum Gasteiger partial charge on any atom is 0.332 e. The predicted molar refractivity (Wildman–Crippen MR) is 109 cm³/mol. The van der Waals surface area contributed by atoms with Gasteiger partial charge in [0.05, 0.1) is 5.39 Å². The molecule has 1 aliphatic rings. The first-order valence-corrected chi connectivity index (χ1v) is 8.38. The molecule has 10 heteroatoms. The van der Waals surface area contributed by atoms with Gasteiger partial charge in [0, 0.05) is 20.6 Å². The Kier molecular flexibility index (Phi) is 7.59. The molecule has 3 rings (SSSR count). The van der Waals surface area contributed by atoms with Crippen LogP contribution in [-0.2, 0) is 14.1 Å². The lowest BCUT2D eigenvalue weighted by Gasteiger charge is -2.34. The highest BCUT2D eigenvalue weighted by Gasteiger charge is 2.27. The fourth-order valence-electron chi connectivity index (χ4n) is 3.17. The van der Waals surface area contributed by atoms with Crippen molar-refractivity contribution < 1.29 is 4.79 Å². The summed E-state index contributed by atoms with van der Waals surface area (Å²) in [6, 6.07) is 3.07. The van der Waals surface area contributed by atoms with Gasteiger partial charge < -0.3 is 10.6 Å². The van der Waals surface area contributed by atoms with Gasteiger partial charge in [-0.3, -0.25) is 18.7 Å². The van der Waals surface area contributed by atoms with Crippen molar-refractivity contribution in [2.45, 2.75) is 19.8 Å². The molecule has 2 N–H and O–H groups in total. The molecule has 27 heavy (non-hydrogen) atoms. The molecule has 0 saturated carbocycles. The third-order valence-electron chi connectivity index (χ3n) is 5.02. The van der Waals surface area contributed by atoms with E-state index < -0.39 is 11.2 Å². The number of nitrogens with one attached hydrogen (secondary N) is 2. The summed E-state index contributed by atoms with van der Waals surface area (Å²) in [6.45, 7) is 4.63. The monoisotopic (exact) mass is 417 g/mol. The van der Waals surface area contributed by atoms with Crippen LogP contribution in [0.3, 0.4) is 0 Å². The van der Waals surface area contributed by atoms with Crippen LogP contribution in [0.5, 0.6) is 0 Å². The SMILES string of the molecule is Cl.Cl.Cn1c(=O)c2ccc(C(=O)NCC3(C)CCNCC3)nc2n(C)c1=O. The highest BCUT2D eigenvalue weighted by molar-refractivity contribution is 5.94. The molecule has 3 heterocycles. The van der Waals surface area contributed by atoms with Crippen LogP contribution in [0.1, 0.15) is 30.3 Å². The zero-order valence-electron chi connectivity index (χ0n) is 15.6. The Morgan fingerprint density at radius 3 is 2.44 bits per heavy atom. The second-order valence-electron chi connectivity index (χ2n) is 7.02. The zero-order chi connectivity index (χ0) is 18.2. The Bertz CT molecular complexity index is 948. The number of amides is 1. The van der Waals surface area contributed by atoms with Crippen molar-refractivity contribution in [2.24, 2.45) is 19.5 Å². The van der Waals surface area contributed by atoms with E-state index >= 15 is 0 Å². The topological polar surface area (TPSA) is 98.0 Å². The van der Waals surface area contributed by atoms with Gasteiger partial charge in [-0.15, -0.1) is 24.8 Å². The molecule has 0 atom stereocenters. The van der Waals surface area contributed by atoms with E-state index in [4.69, 9.17) is 0 Å². The number of pyridine rings is 1. The number of hydrogen-bond acceptors (Lipinski definition) is 5. The van der Waals surface area contributed by atoms with Crippen molar-refractivity contribution in [1.82, 2.24) is 24.8 Å². The Labute approximate surface area is 169 Å². The molecule has 2 aromatic rings. The van der Waals surface area contributed by atoms with E-state index in [0.717, 1.165) is 30.5 Å². The summed E-state index contributed by atoms with van der Waals surface area (Å²) < 4.78 is 2.31. The van der Waals surface area contributed by atoms with E-state index in [-0.39, 0.29) is 47.5 Å². The quantitative estimate of drug-likeness (QED) is 0.761. The number of halogens is 2. The Morgan fingerprint density at radius 1 is 1.19 bits per heavy atom. The predicted octanol–water partition coefficient (Wildman–Crippen LogP) is 0.595. The first-order valence-electron chi connectivity index (χ1n) is 8.38. The molecule has 1 aliphatic heterocycles. The van der Waals surface area contributed by atoms with Crippen molar-refractivity contribution in [3.05, 3.63) is 38.7 Å². The summed E-state index contributed by atoms with van der Waals surface area (Å²) in [4.78, 5) is 40.9. The smallest absolute Gasteiger partial charge is 0.332 e. The summed E-state index contributed by atoms with van der Waals surface area (Å²) in [7, 11) is 2.96. The van der Waals surface area contributed by atoms with Crippen LogP contribution in [0.25, 0.3) is 11.0 Å². The fourth-order valence-corrected chi connectivity index (χ4v) is 3.17. The molecule has 1 amide bonds. The second-order valence-corrected chi connectivity index (χ2v) is 7.02. The highest BCUT2D eigenvalue weighted by atomic mass is 35.5. The van der Waals surface area contributed by atoms with Gasteiger partial charge in [0.25, 0.3) is 11.5 Å². The van der Waals surface area contributed by atoms with Crippen molar-refractivity contribution in [3.8, 4) is 0 Å². The normalized spacial score (nSPS) is 15.5. The maximum atomic E-state index is 12.5. The number of nitrogens with zero attached hydrogens (tertiary/aromatic N) is 3. The van der Waals surface area contributed by atoms with Gasteiger partial charge in [-0.1, -0.05) is 6.92 Å². The summed E-state index contributed by atoms with van der Waals surface area (Å²) in [5.74, 6) is -0.296. The number of rotatable bonds is 3. The number of hydrogen-bond donors (Lipinski definition) is 2. The largest absolute Gasteiger partial charge is 0.350 e. The Balaban J connectivity index is 0.00000182. The minimum Gasteiger partial charge on any atom is -0.350 e. The number of piperidine rings is 1. The standard InChI is InChI=1S/C17H23N5O3.2ClH/c1-17(6-8-18-9-7-17)10-19-14(23)12-5-4-11-13(20-12)21(2)16(25)22(3)15(11)24;;/h4-5,18H,6-10H2,1-3H3,(H,19,23);2*1H. The number of carbonyl (C=O) groups is 1. The van der Waals surface area contributed by atoms with Gasteiger partial charge in [-0.25, -0.2) is 9.78 Å². The fraction of sp³-hybridized carbons (Fsp3) is 0.529. The van der Waals surface area contributed by atoms with Crippen LogP contribution in [0.2, 0.25) is 0 Å². The van der Waals surface area contributed by atoms with Crippen LogP contribution in [0.4, 0.5) is 0 Å². The molecule has 0 bridgehead atoms. The van der Waals surface area contributed by atoms with Gasteiger partial charge in [0.1, 0.15) is 11.3 Å². The van der Waals surface area contributed by atoms with Crippen LogP contribution in [-0.4, -0.2) is 39.7 Å². The number of fused-ring (bicyclic) bond motifs is 1. The van der Waals surface area contributed by atoms with Gasteiger partial charge in [0.2, 0.25) is 0 Å². The summed E-state index contributed by atoms with van der Waals surface area (Å²) in [5.41, 5.74) is -0.396. The average Bonchev–Trinajstić information content (AvgIpc) is 2.63. The second kappa shape index (κ2) is 8.86. The molecule has 1 fully saturated rings. The molecule has 0 spiro atoms. The summed E-state index contributed by atoms with van der Waals surface area (Å²) in [5, 5.41) is 6.56. The first kappa shape index (κ1) is 23.1. The minimum atomic E-state index is -0.468. The average molecular weight is 418 g/mol. The maximum absolute atomic E-state index is 12.5. The molecule has 0 aliphatic carbocycles. The molecule has 0 radical (unpaired) electrons. The van der Waals surface area contributed by atoms with E-state index in [1.807, 2.05) is 0 Å². The number of aromatic nitrogens is 3. The van der Waals surface area contributed by atoms with Crippen molar-refractivity contribution >= 4 is 41.8 Å². The summed E-state index contributed by atoms with van der Waals surface area (Å²) >= 11 is 0. The lowest BCUT2D eigenvalue weighted by atomic mass is 9.81. The highest BCUT2D eigenvalue weighted by Crippen LogP contribution is 2.26. The molecule has 0 aromatic carbocycles. The van der Waals surface area contributed by atoms with Crippen molar-refractivity contribution in [1.29, 1.82) is 0 Å². The molecular formula is C17H25Cl2N5O3. The van der Waals surface area contributed by atoms with E-state index in [2.05, 4.69) is 22.5 Å². The van der Waals surface area contributed by atoms with Gasteiger partial charge >= 0.3 is 5.69 Å². The zero-order valence-corrected chi connectivity index (χ0v) is 17.2. The lowest BCUT2D eigenvalue weighted by molar-refractivity contribution is 0.0917. The van der Waals surface area contributed by atoms with Crippen molar-refractivity contribution in [3.63, 3.8) is 0 Å². The van der Waals surface area contributed by atoms with E-state index in [0.29, 0.717) is 11.9 Å². The number of aryl methyl sites for hydroxylation is 1. The van der Waals surface area contributed by atoms with Gasteiger partial charge in [0.15, 0.2) is 0 Å². The van der Waals surface area contributed by atoms with Crippen LogP contribution in [0.15, 0.2) is 21.7 Å². The van der Waals surface area contributed by atoms with E-state index in [9.17, 15) is 14.4 Å². The van der Waals surface area contributed by atoms with Crippen LogP contribution >= 0.6 is 24.8 Å². The van der Waals surface area contributed by atoms with Gasteiger partial charge in [-0.2, -0.15) is 0 Å². The third kappa shape index (κ3) is 4.51. The van der Waals surface area contributed by atoms with Crippen molar-refractivity contribution in [2.75, 3.05) is 19.6 Å². The molecule has 150 valence electrons. The number of carbonyl (C=O) groups excluding carboxylic acids is 1. The minimum absolute atomic E-state index is 0.